The Kier molecular flexibility index (Phi) is 8.62. The van der Waals surface area contributed by atoms with Gasteiger partial charge in [-0.2, -0.15) is 0 Å². The van der Waals surface area contributed by atoms with E-state index < -0.39 is 11.3 Å². The van der Waals surface area contributed by atoms with E-state index in [1.807, 2.05) is 30.3 Å². The summed E-state index contributed by atoms with van der Waals surface area (Å²) in [5.41, 5.74) is 1.06. The lowest BCUT2D eigenvalue weighted by molar-refractivity contribution is -0.160. The molecular weight excluding hydrogens is 456 g/mol. The van der Waals surface area contributed by atoms with Crippen molar-refractivity contribution < 1.29 is 23.5 Å². The number of amides is 2. The number of piperidine rings is 1. The average Bonchev–Trinajstić information content (AvgIpc) is 3.31. The molecule has 36 heavy (non-hydrogen) atoms. The lowest BCUT2D eigenvalue weighted by atomic mass is 9.69. The molecule has 2 atom stereocenters. The van der Waals surface area contributed by atoms with Gasteiger partial charge in [-0.3, -0.25) is 14.4 Å². The first-order chi connectivity index (χ1) is 17.5. The van der Waals surface area contributed by atoms with E-state index in [4.69, 9.17) is 9.15 Å². The number of fused-ring (bicyclic) bond motifs is 1. The largest absolute Gasteiger partial charge is 0.468 e. The van der Waals surface area contributed by atoms with Gasteiger partial charge in [0.25, 0.3) is 0 Å². The zero-order valence-corrected chi connectivity index (χ0v) is 21.0. The second-order valence-corrected chi connectivity index (χ2v) is 9.81. The predicted molar refractivity (Wildman–Crippen MR) is 135 cm³/mol. The molecule has 192 valence electrons. The molecule has 0 saturated carbocycles. The van der Waals surface area contributed by atoms with Crippen LogP contribution >= 0.6 is 0 Å². The summed E-state index contributed by atoms with van der Waals surface area (Å²) >= 11 is 0. The number of hydrogen-bond donors (Lipinski definition) is 1. The Labute approximate surface area is 212 Å². The maximum absolute atomic E-state index is 13.7. The lowest BCUT2D eigenvalue weighted by Gasteiger charge is -2.45. The summed E-state index contributed by atoms with van der Waals surface area (Å²) in [4.78, 5) is 41.4. The van der Waals surface area contributed by atoms with E-state index in [1.165, 1.54) is 12.7 Å². The normalized spacial score (nSPS) is 21.8. The second kappa shape index (κ2) is 12.1. The standard InChI is InChI=1S/C29H36N2O5/c1-35-28(34)29-16-8-3-6-15-25(29)31(21-24-14-10-18-36-24)27(33)23(20-29)19-26(32)30-17-9-7-13-22-11-4-2-5-12-22/h2,4-5,10-12,14-15,18,23H,3,6-9,13,16-17,19-21H2,1H3,(H,30,32)/t23-,29+/m1/s1. The highest BCUT2D eigenvalue weighted by Crippen LogP contribution is 2.49. The summed E-state index contributed by atoms with van der Waals surface area (Å²) in [6, 6.07) is 13.9. The van der Waals surface area contributed by atoms with Gasteiger partial charge in [0.1, 0.15) is 11.2 Å². The number of nitrogens with zero attached hydrogens (tertiary/aromatic N) is 1. The average molecular weight is 493 g/mol. The number of allylic oxidation sites excluding steroid dienone is 1. The lowest BCUT2D eigenvalue weighted by Crippen LogP contribution is -2.53. The Bertz CT molecular complexity index is 1060. The fraction of sp³-hybridized carbons (Fsp3) is 0.483. The van der Waals surface area contributed by atoms with Crippen LogP contribution in [0.15, 0.2) is 64.9 Å². The summed E-state index contributed by atoms with van der Waals surface area (Å²) in [5, 5.41) is 2.98. The van der Waals surface area contributed by atoms with Gasteiger partial charge in [0, 0.05) is 24.6 Å². The molecule has 1 fully saturated rings. The van der Waals surface area contributed by atoms with Crippen molar-refractivity contribution in [3.8, 4) is 0 Å². The van der Waals surface area contributed by atoms with Crippen LogP contribution in [0.4, 0.5) is 0 Å². The fourth-order valence-electron chi connectivity index (χ4n) is 5.54. The number of benzene rings is 1. The third-order valence-corrected chi connectivity index (χ3v) is 7.35. The number of esters is 1. The van der Waals surface area contributed by atoms with Gasteiger partial charge < -0.3 is 19.4 Å². The van der Waals surface area contributed by atoms with E-state index in [2.05, 4.69) is 17.4 Å². The van der Waals surface area contributed by atoms with Crippen molar-refractivity contribution in [2.24, 2.45) is 11.3 Å². The highest BCUT2D eigenvalue weighted by atomic mass is 16.5. The third kappa shape index (κ3) is 5.89. The number of carbonyl (C=O) groups is 3. The number of ether oxygens (including phenoxy) is 1. The zero-order chi connectivity index (χ0) is 25.4. The molecule has 4 rings (SSSR count). The van der Waals surface area contributed by atoms with Gasteiger partial charge in [-0.15, -0.1) is 0 Å². The summed E-state index contributed by atoms with van der Waals surface area (Å²) in [5.74, 6) is -0.598. The van der Waals surface area contributed by atoms with Crippen molar-refractivity contribution in [3.05, 3.63) is 71.8 Å². The molecule has 7 heteroatoms. The third-order valence-electron chi connectivity index (χ3n) is 7.35. The number of rotatable bonds is 10. The molecule has 0 radical (unpaired) electrons. The highest BCUT2D eigenvalue weighted by Gasteiger charge is 2.54. The van der Waals surface area contributed by atoms with Gasteiger partial charge in [0.05, 0.1) is 19.9 Å². The van der Waals surface area contributed by atoms with Crippen LogP contribution in [0.3, 0.4) is 0 Å². The quantitative estimate of drug-likeness (QED) is 0.381. The fourth-order valence-corrected chi connectivity index (χ4v) is 5.54. The number of aryl methyl sites for hydroxylation is 1. The minimum absolute atomic E-state index is 0.0538. The molecule has 1 aliphatic carbocycles. The molecule has 0 unspecified atom stereocenters. The highest BCUT2D eigenvalue weighted by molar-refractivity contribution is 5.92. The van der Waals surface area contributed by atoms with Crippen molar-refractivity contribution in [2.45, 2.75) is 64.3 Å². The van der Waals surface area contributed by atoms with Gasteiger partial charge in [-0.1, -0.05) is 42.8 Å². The van der Waals surface area contributed by atoms with E-state index in [0.29, 0.717) is 30.8 Å². The van der Waals surface area contributed by atoms with Gasteiger partial charge in [0.15, 0.2) is 0 Å². The molecule has 1 N–H and O–H groups in total. The van der Waals surface area contributed by atoms with Gasteiger partial charge in [-0.25, -0.2) is 0 Å². The van der Waals surface area contributed by atoms with Crippen molar-refractivity contribution >= 4 is 17.8 Å². The smallest absolute Gasteiger partial charge is 0.317 e. The number of furan rings is 1. The summed E-state index contributed by atoms with van der Waals surface area (Å²) in [6.07, 6.45) is 9.93. The molecule has 2 heterocycles. The number of likely N-dealkylation sites (tertiary alicyclic amines) is 1. The van der Waals surface area contributed by atoms with Crippen molar-refractivity contribution in [3.63, 3.8) is 0 Å². The Morgan fingerprint density at radius 3 is 2.72 bits per heavy atom. The van der Waals surface area contributed by atoms with E-state index in [9.17, 15) is 14.4 Å². The second-order valence-electron chi connectivity index (χ2n) is 9.81. The molecule has 7 nitrogen and oxygen atoms in total. The predicted octanol–water partition coefficient (Wildman–Crippen LogP) is 4.77. The first-order valence-electron chi connectivity index (χ1n) is 13.0. The molecule has 2 amide bonds. The van der Waals surface area contributed by atoms with Crippen LogP contribution in [0.5, 0.6) is 0 Å². The summed E-state index contributed by atoms with van der Waals surface area (Å²) in [6.45, 7) is 0.796. The van der Waals surface area contributed by atoms with Gasteiger partial charge in [0.2, 0.25) is 11.8 Å². The van der Waals surface area contributed by atoms with Crippen LogP contribution in [0, 0.1) is 11.3 Å². The van der Waals surface area contributed by atoms with Crippen molar-refractivity contribution in [1.82, 2.24) is 10.2 Å². The van der Waals surface area contributed by atoms with Gasteiger partial charge in [-0.05, 0) is 62.6 Å². The minimum atomic E-state index is -0.924. The van der Waals surface area contributed by atoms with E-state index in [-0.39, 0.29) is 30.7 Å². The number of methoxy groups -OCH3 is 1. The molecule has 2 aromatic rings. The van der Waals surface area contributed by atoms with Crippen molar-refractivity contribution in [2.75, 3.05) is 13.7 Å². The number of unbranched alkanes of at least 4 members (excludes halogenated alkanes) is 1. The Balaban J connectivity index is 1.43. The molecule has 1 aromatic heterocycles. The molecule has 0 bridgehead atoms. The molecule has 1 saturated heterocycles. The van der Waals surface area contributed by atoms with E-state index >= 15 is 0 Å². The number of carbonyl (C=O) groups excluding carboxylic acids is 3. The molecular formula is C29H36N2O5. The minimum Gasteiger partial charge on any atom is -0.468 e. The maximum Gasteiger partial charge on any atom is 0.317 e. The summed E-state index contributed by atoms with van der Waals surface area (Å²) in [7, 11) is 1.39. The Morgan fingerprint density at radius 1 is 1.14 bits per heavy atom. The number of hydrogen-bond acceptors (Lipinski definition) is 5. The van der Waals surface area contributed by atoms with Crippen molar-refractivity contribution in [1.29, 1.82) is 0 Å². The van der Waals surface area contributed by atoms with Crippen LogP contribution in [-0.2, 0) is 32.1 Å². The van der Waals surface area contributed by atoms with Crippen LogP contribution in [0.2, 0.25) is 0 Å². The molecule has 2 aliphatic rings. The first kappa shape index (κ1) is 25.7. The topological polar surface area (TPSA) is 88.8 Å². The van der Waals surface area contributed by atoms with Crippen LogP contribution in [0.1, 0.15) is 62.7 Å². The molecule has 1 aromatic carbocycles. The van der Waals surface area contributed by atoms with E-state index in [1.54, 1.807) is 17.2 Å². The molecule has 0 spiro atoms. The SMILES string of the molecule is COC(=O)[C@]12CCCCC=C1N(Cc1ccco1)C(=O)[C@H](CC(=O)NCCCCc1ccccc1)C2. The number of nitrogens with one attached hydrogen (secondary N) is 1. The zero-order valence-electron chi connectivity index (χ0n) is 21.0. The van der Waals surface area contributed by atoms with Gasteiger partial charge >= 0.3 is 5.97 Å². The van der Waals surface area contributed by atoms with Crippen LogP contribution < -0.4 is 5.32 Å². The summed E-state index contributed by atoms with van der Waals surface area (Å²) < 4.78 is 10.8. The first-order valence-corrected chi connectivity index (χ1v) is 13.0. The Morgan fingerprint density at radius 2 is 1.97 bits per heavy atom. The Hall–Kier alpha value is -3.35. The maximum atomic E-state index is 13.7. The molecule has 1 aliphatic heterocycles. The van der Waals surface area contributed by atoms with Crippen LogP contribution in [0.25, 0.3) is 0 Å². The monoisotopic (exact) mass is 492 g/mol. The van der Waals surface area contributed by atoms with E-state index in [0.717, 1.165) is 38.5 Å². The van der Waals surface area contributed by atoms with Crippen LogP contribution in [-0.4, -0.2) is 36.3 Å².